The van der Waals surface area contributed by atoms with E-state index in [1.807, 2.05) is 11.5 Å². The van der Waals surface area contributed by atoms with Gasteiger partial charge in [0.15, 0.2) is 5.58 Å². The molecule has 0 saturated carbocycles. The molecule has 2 aliphatic rings. The van der Waals surface area contributed by atoms with E-state index in [-0.39, 0.29) is 28.9 Å². The predicted molar refractivity (Wildman–Crippen MR) is 220 cm³/mol. The summed E-state index contributed by atoms with van der Waals surface area (Å²) in [6.07, 6.45) is 5.77. The maximum absolute atomic E-state index is 13.4. The van der Waals surface area contributed by atoms with Gasteiger partial charge in [-0.2, -0.15) is 0 Å². The van der Waals surface area contributed by atoms with Crippen molar-refractivity contribution in [1.82, 2.24) is 19.6 Å². The lowest BCUT2D eigenvalue weighted by molar-refractivity contribution is 0.0682. The first-order valence-corrected chi connectivity index (χ1v) is 19.8. The molecule has 0 bridgehead atoms. The van der Waals surface area contributed by atoms with Crippen molar-refractivity contribution in [2.45, 2.75) is 64.3 Å². The number of aromatic carboxylic acids is 2. The minimum absolute atomic E-state index is 0.0407. The number of halogens is 1. The first-order valence-electron chi connectivity index (χ1n) is 19.8. The molecule has 59 heavy (non-hydrogen) atoms. The molecule has 4 N–H and O–H groups in total. The van der Waals surface area contributed by atoms with E-state index in [1.165, 1.54) is 24.3 Å². The summed E-state index contributed by atoms with van der Waals surface area (Å²) in [5, 5.41) is 47.9. The summed E-state index contributed by atoms with van der Waals surface area (Å²) < 4.78 is 20.6. The molecule has 0 atom stereocenters. The van der Waals surface area contributed by atoms with Crippen molar-refractivity contribution >= 4 is 44.5 Å². The zero-order chi connectivity index (χ0) is 41.4. The molecule has 12 nitrogen and oxygen atoms in total. The smallest absolute Gasteiger partial charge is 0.339 e. The summed E-state index contributed by atoms with van der Waals surface area (Å²) in [6, 6.07) is 21.4. The normalized spacial score (nSPS) is 14.6. The summed E-state index contributed by atoms with van der Waals surface area (Å²) in [5.74, 6) is -2.38. The number of benzene rings is 5. The van der Waals surface area contributed by atoms with E-state index in [1.54, 1.807) is 54.6 Å². The average Bonchev–Trinajstić information content (AvgIpc) is 3.65. The van der Waals surface area contributed by atoms with E-state index >= 15 is 0 Å². The highest BCUT2D eigenvalue weighted by molar-refractivity contribution is 6.02. The minimum Gasteiger partial charge on any atom is -0.507 e. The van der Waals surface area contributed by atoms with Crippen LogP contribution in [-0.2, 0) is 25.8 Å². The maximum Gasteiger partial charge on any atom is 0.339 e. The van der Waals surface area contributed by atoms with E-state index in [4.69, 9.17) is 9.51 Å². The SMILES string of the molecule is Cc1nc2n(c(=O)c1CCN1CCC(c3noc4cc(F)ccc34)CC1)CCCC2.O=C(O)c1cc2ccccc2c(Cc2c(O)c(C(=O)O)cc3ccccc23)c1O. The third kappa shape index (κ3) is 7.73. The minimum atomic E-state index is -1.28. The quantitative estimate of drug-likeness (QED) is 0.117. The van der Waals surface area contributed by atoms with Crippen molar-refractivity contribution in [3.8, 4) is 11.5 Å². The van der Waals surface area contributed by atoms with Crippen LogP contribution in [-0.4, -0.2) is 71.6 Å². The van der Waals surface area contributed by atoms with Crippen LogP contribution >= 0.6 is 0 Å². The van der Waals surface area contributed by atoms with Gasteiger partial charge in [0.2, 0.25) is 0 Å². The number of aromatic hydroxyl groups is 2. The van der Waals surface area contributed by atoms with E-state index < -0.39 is 23.4 Å². The number of hydrogen-bond donors (Lipinski definition) is 4. The Bertz CT molecular complexity index is 2720. The number of nitrogens with zero attached hydrogens (tertiary/aromatic N) is 4. The highest BCUT2D eigenvalue weighted by Gasteiger charge is 2.27. The van der Waals surface area contributed by atoms with Gasteiger partial charge >= 0.3 is 11.9 Å². The van der Waals surface area contributed by atoms with Gasteiger partial charge in [-0.3, -0.25) is 9.36 Å². The van der Waals surface area contributed by atoms with Crippen LogP contribution in [0.15, 0.2) is 88.2 Å². The number of fused-ring (bicyclic) bond motifs is 4. The Labute approximate surface area is 337 Å². The molecule has 2 aromatic heterocycles. The van der Waals surface area contributed by atoms with Crippen LogP contribution in [0, 0.1) is 12.7 Å². The van der Waals surface area contributed by atoms with Crippen molar-refractivity contribution in [3.63, 3.8) is 0 Å². The number of carboxylic acids is 2. The average molecular weight is 799 g/mol. The molecule has 0 unspecified atom stereocenters. The van der Waals surface area contributed by atoms with Crippen LogP contribution < -0.4 is 5.56 Å². The second-order valence-corrected chi connectivity index (χ2v) is 15.3. The number of aromatic nitrogens is 3. The number of hydrogen-bond acceptors (Lipinski definition) is 9. The predicted octanol–water partition coefficient (Wildman–Crippen LogP) is 7.98. The van der Waals surface area contributed by atoms with E-state index in [9.17, 15) is 39.2 Å². The second kappa shape index (κ2) is 16.3. The van der Waals surface area contributed by atoms with Gasteiger partial charge in [0, 0.05) is 65.7 Å². The zero-order valence-electron chi connectivity index (χ0n) is 32.4. The molecule has 7 aromatic rings. The third-order valence-electron chi connectivity index (χ3n) is 11.8. The monoisotopic (exact) mass is 798 g/mol. The molecule has 0 amide bonds. The number of carboxylic acid groups (broad SMARTS) is 2. The highest BCUT2D eigenvalue weighted by Crippen LogP contribution is 2.39. The first-order chi connectivity index (χ1) is 28.5. The zero-order valence-corrected chi connectivity index (χ0v) is 32.4. The van der Waals surface area contributed by atoms with Crippen molar-refractivity contribution in [2.75, 3.05) is 19.6 Å². The molecular formula is C46H43FN4O8. The Morgan fingerprint density at radius 1 is 0.797 bits per heavy atom. The number of carbonyl (C=O) groups is 2. The molecule has 0 radical (unpaired) electrons. The molecule has 9 rings (SSSR count). The van der Waals surface area contributed by atoms with Crippen LogP contribution in [0.2, 0.25) is 0 Å². The van der Waals surface area contributed by atoms with Crippen molar-refractivity contribution in [3.05, 3.63) is 140 Å². The Morgan fingerprint density at radius 2 is 1.41 bits per heavy atom. The standard InChI is InChI=1S/C23H27FN4O2.C23H16O6/c1-15-18(23(29)28-10-3-2-4-21(28)25-15)9-13-27-11-7-16(8-12-27)22-19-6-5-17(24)14-20(19)30-26-22;24-20-16(14-7-3-1-5-12(14)9-18(20)22(26)27)11-17-15-8-4-2-6-13(15)10-19(21(17)25)23(28)29/h5-6,14,16H,2-4,7-13H2,1H3;1-10,24-25H,11H2,(H,26,27)(H,28,29). The van der Waals surface area contributed by atoms with Gasteiger partial charge in [-0.05, 0) is 97.9 Å². The van der Waals surface area contributed by atoms with Crippen LogP contribution in [0.4, 0.5) is 4.39 Å². The van der Waals surface area contributed by atoms with Gasteiger partial charge in [-0.25, -0.2) is 19.0 Å². The molecule has 302 valence electrons. The summed E-state index contributed by atoms with van der Waals surface area (Å²) in [4.78, 5) is 43.3. The fourth-order valence-corrected chi connectivity index (χ4v) is 8.63. The highest BCUT2D eigenvalue weighted by atomic mass is 19.1. The van der Waals surface area contributed by atoms with Gasteiger partial charge < -0.3 is 29.8 Å². The molecule has 5 aromatic carbocycles. The Hall–Kier alpha value is -6.60. The molecule has 0 spiro atoms. The van der Waals surface area contributed by atoms with Gasteiger partial charge in [0.25, 0.3) is 5.56 Å². The molecule has 1 saturated heterocycles. The lowest BCUT2D eigenvalue weighted by atomic mass is 9.90. The van der Waals surface area contributed by atoms with Crippen molar-refractivity contribution in [1.29, 1.82) is 0 Å². The Morgan fingerprint density at radius 3 is 2.02 bits per heavy atom. The maximum atomic E-state index is 13.4. The summed E-state index contributed by atoms with van der Waals surface area (Å²) in [6.45, 7) is 5.55. The van der Waals surface area contributed by atoms with E-state index in [0.29, 0.717) is 44.2 Å². The molecule has 13 heteroatoms. The number of aryl methyl sites for hydroxylation is 2. The molecular weight excluding hydrogens is 756 g/mol. The van der Waals surface area contributed by atoms with Crippen molar-refractivity contribution in [2.24, 2.45) is 0 Å². The lowest BCUT2D eigenvalue weighted by Crippen LogP contribution is -2.37. The number of piperidine rings is 1. The fourth-order valence-electron chi connectivity index (χ4n) is 8.63. The first kappa shape index (κ1) is 39.2. The molecule has 1 fully saturated rings. The van der Waals surface area contributed by atoms with Crippen LogP contribution in [0.1, 0.15) is 86.2 Å². The third-order valence-corrected chi connectivity index (χ3v) is 11.8. The van der Waals surface area contributed by atoms with Gasteiger partial charge in [0.05, 0.1) is 5.69 Å². The van der Waals surface area contributed by atoms with Gasteiger partial charge in [-0.15, -0.1) is 0 Å². The van der Waals surface area contributed by atoms with Gasteiger partial charge in [-0.1, -0.05) is 53.7 Å². The number of rotatable bonds is 8. The lowest BCUT2D eigenvalue weighted by Gasteiger charge is -2.31. The van der Waals surface area contributed by atoms with Crippen molar-refractivity contribution < 1.29 is 38.9 Å². The summed E-state index contributed by atoms with van der Waals surface area (Å²) in [5.41, 5.74) is 3.49. The summed E-state index contributed by atoms with van der Waals surface area (Å²) in [7, 11) is 0. The largest absolute Gasteiger partial charge is 0.507 e. The summed E-state index contributed by atoms with van der Waals surface area (Å²) >= 11 is 0. The topological polar surface area (TPSA) is 179 Å². The second-order valence-electron chi connectivity index (χ2n) is 15.3. The van der Waals surface area contributed by atoms with Crippen LogP contribution in [0.25, 0.3) is 32.5 Å². The van der Waals surface area contributed by atoms with E-state index in [2.05, 4.69) is 10.1 Å². The van der Waals surface area contributed by atoms with Crippen LogP contribution in [0.3, 0.4) is 0 Å². The van der Waals surface area contributed by atoms with Crippen LogP contribution in [0.5, 0.6) is 11.5 Å². The fraction of sp³-hybridized carbons (Fsp3) is 0.283. The number of likely N-dealkylation sites (tertiary alicyclic amines) is 1. The number of phenols is 2. The van der Waals surface area contributed by atoms with Gasteiger partial charge in [0.1, 0.15) is 34.3 Å². The Kier molecular flexibility index (Phi) is 10.9. The van der Waals surface area contributed by atoms with E-state index in [0.717, 1.165) is 92.9 Å². The Balaban J connectivity index is 0.000000164. The molecule has 0 aliphatic carbocycles. The molecule has 2 aliphatic heterocycles. The molecule has 4 heterocycles.